The second kappa shape index (κ2) is 4.56. The number of rotatable bonds is 3. The van der Waals surface area contributed by atoms with Crippen LogP contribution in [0.5, 0.6) is 0 Å². The van der Waals surface area contributed by atoms with Gasteiger partial charge in [0.05, 0.1) is 6.42 Å². The summed E-state index contributed by atoms with van der Waals surface area (Å²) in [6, 6.07) is 8.49. The van der Waals surface area contributed by atoms with Crippen LogP contribution in [-0.2, 0) is 10.4 Å². The predicted molar refractivity (Wildman–Crippen MR) is 76.1 cm³/mol. The molecule has 2 N–H and O–H groups in total. The van der Waals surface area contributed by atoms with Crippen LogP contribution in [0.1, 0.15) is 33.9 Å². The molecule has 0 bridgehead atoms. The number of carbonyl (C=O) groups excluding carboxylic acids is 2. The monoisotopic (exact) mass is 285 g/mol. The molecule has 0 radical (unpaired) electrons. The SMILES string of the molecule is Cc1ccc2c(c1)C(O)(CC(=O)c1ccc(C)o1)C(=O)N2. The van der Waals surface area contributed by atoms with Crippen LogP contribution in [0.25, 0.3) is 0 Å². The molecule has 1 unspecified atom stereocenters. The van der Waals surface area contributed by atoms with E-state index in [2.05, 4.69) is 5.32 Å². The molecule has 1 aliphatic rings. The van der Waals surface area contributed by atoms with Crippen LogP contribution in [0.3, 0.4) is 0 Å². The molecule has 1 aliphatic heterocycles. The van der Waals surface area contributed by atoms with Crippen molar-refractivity contribution in [3.8, 4) is 0 Å². The Morgan fingerprint density at radius 3 is 2.71 bits per heavy atom. The zero-order chi connectivity index (χ0) is 15.2. The Hall–Kier alpha value is -2.40. The number of nitrogens with one attached hydrogen (secondary N) is 1. The van der Waals surface area contributed by atoms with Gasteiger partial charge in [-0.3, -0.25) is 9.59 Å². The molecule has 0 saturated heterocycles. The van der Waals surface area contributed by atoms with Gasteiger partial charge in [-0.2, -0.15) is 0 Å². The van der Waals surface area contributed by atoms with E-state index in [4.69, 9.17) is 4.42 Å². The second-order valence-electron chi connectivity index (χ2n) is 5.37. The van der Waals surface area contributed by atoms with Crippen molar-refractivity contribution in [3.63, 3.8) is 0 Å². The smallest absolute Gasteiger partial charge is 0.261 e. The van der Waals surface area contributed by atoms with Gasteiger partial charge in [-0.05, 0) is 32.0 Å². The van der Waals surface area contributed by atoms with Gasteiger partial charge < -0.3 is 14.8 Å². The van der Waals surface area contributed by atoms with Gasteiger partial charge in [0.15, 0.2) is 11.4 Å². The molecule has 1 atom stereocenters. The van der Waals surface area contributed by atoms with Gasteiger partial charge in [0.2, 0.25) is 5.78 Å². The molecular weight excluding hydrogens is 270 g/mol. The van der Waals surface area contributed by atoms with E-state index in [1.807, 2.05) is 13.0 Å². The first-order valence-corrected chi connectivity index (χ1v) is 6.65. The lowest BCUT2D eigenvalue weighted by Crippen LogP contribution is -2.36. The number of aliphatic hydroxyl groups is 1. The Balaban J connectivity index is 1.96. The van der Waals surface area contributed by atoms with Gasteiger partial charge in [-0.25, -0.2) is 0 Å². The van der Waals surface area contributed by atoms with Crippen molar-refractivity contribution < 1.29 is 19.1 Å². The number of Topliss-reactive ketones (excluding diaryl/α,β-unsaturated/α-hetero) is 1. The van der Waals surface area contributed by atoms with Crippen LogP contribution in [-0.4, -0.2) is 16.8 Å². The van der Waals surface area contributed by atoms with E-state index in [1.54, 1.807) is 31.2 Å². The average Bonchev–Trinajstić information content (AvgIpc) is 2.95. The maximum atomic E-state index is 12.2. The predicted octanol–water partition coefficient (Wildman–Crippen LogP) is 2.31. The lowest BCUT2D eigenvalue weighted by atomic mass is 9.88. The van der Waals surface area contributed by atoms with Crippen LogP contribution in [0.2, 0.25) is 0 Å². The second-order valence-corrected chi connectivity index (χ2v) is 5.37. The molecule has 0 saturated carbocycles. The third-order valence-electron chi connectivity index (χ3n) is 3.68. The summed E-state index contributed by atoms with van der Waals surface area (Å²) < 4.78 is 5.26. The van der Waals surface area contributed by atoms with E-state index in [0.717, 1.165) is 5.56 Å². The normalized spacial score (nSPS) is 20.2. The molecule has 0 fully saturated rings. The van der Waals surface area contributed by atoms with Crippen molar-refractivity contribution in [3.05, 3.63) is 53.0 Å². The minimum atomic E-state index is -1.85. The Morgan fingerprint density at radius 2 is 2.05 bits per heavy atom. The molecule has 21 heavy (non-hydrogen) atoms. The average molecular weight is 285 g/mol. The number of fused-ring (bicyclic) bond motifs is 1. The first-order valence-electron chi connectivity index (χ1n) is 6.65. The zero-order valence-electron chi connectivity index (χ0n) is 11.8. The van der Waals surface area contributed by atoms with Crippen LogP contribution >= 0.6 is 0 Å². The Bertz CT molecular complexity index is 746. The zero-order valence-corrected chi connectivity index (χ0v) is 11.8. The number of hydrogen-bond donors (Lipinski definition) is 2. The highest BCUT2D eigenvalue weighted by molar-refractivity contribution is 6.08. The molecule has 108 valence electrons. The highest BCUT2D eigenvalue weighted by atomic mass is 16.3. The molecule has 0 spiro atoms. The van der Waals surface area contributed by atoms with Crippen molar-refractivity contribution >= 4 is 17.4 Å². The third-order valence-corrected chi connectivity index (χ3v) is 3.68. The minimum absolute atomic E-state index is 0.148. The van der Waals surface area contributed by atoms with Gasteiger partial charge in [0.1, 0.15) is 5.76 Å². The lowest BCUT2D eigenvalue weighted by molar-refractivity contribution is -0.133. The van der Waals surface area contributed by atoms with Crippen molar-refractivity contribution in [1.29, 1.82) is 0 Å². The van der Waals surface area contributed by atoms with E-state index in [1.165, 1.54) is 0 Å². The van der Waals surface area contributed by atoms with Crippen molar-refractivity contribution in [2.24, 2.45) is 0 Å². The lowest BCUT2D eigenvalue weighted by Gasteiger charge is -2.19. The molecule has 1 aromatic heterocycles. The number of hydrogen-bond acceptors (Lipinski definition) is 4. The summed E-state index contributed by atoms with van der Waals surface area (Å²) in [5, 5.41) is 13.3. The summed E-state index contributed by atoms with van der Waals surface area (Å²) >= 11 is 0. The Morgan fingerprint density at radius 1 is 1.29 bits per heavy atom. The molecule has 0 aliphatic carbocycles. The summed E-state index contributed by atoms with van der Waals surface area (Å²) in [7, 11) is 0. The molecule has 5 nitrogen and oxygen atoms in total. The molecule has 2 heterocycles. The standard InChI is InChI=1S/C16H15NO4/c1-9-3-5-12-11(7-9)16(20,15(19)17-12)8-13(18)14-6-4-10(2)21-14/h3-7,20H,8H2,1-2H3,(H,17,19). The maximum absolute atomic E-state index is 12.2. The van der Waals surface area contributed by atoms with E-state index in [0.29, 0.717) is 17.0 Å². The number of anilines is 1. The molecule has 2 aromatic rings. The van der Waals surface area contributed by atoms with Gasteiger partial charge in [-0.15, -0.1) is 0 Å². The number of carbonyl (C=O) groups is 2. The van der Waals surface area contributed by atoms with E-state index in [9.17, 15) is 14.7 Å². The molecule has 5 heteroatoms. The summed E-state index contributed by atoms with van der Waals surface area (Å²) in [4.78, 5) is 24.3. The van der Waals surface area contributed by atoms with Crippen molar-refractivity contribution in [2.45, 2.75) is 25.9 Å². The quantitative estimate of drug-likeness (QED) is 0.848. The molecule has 3 rings (SSSR count). The van der Waals surface area contributed by atoms with E-state index < -0.39 is 17.3 Å². The minimum Gasteiger partial charge on any atom is -0.458 e. The van der Waals surface area contributed by atoms with Crippen LogP contribution in [0.4, 0.5) is 5.69 Å². The highest BCUT2D eigenvalue weighted by Crippen LogP contribution is 2.39. The van der Waals surface area contributed by atoms with E-state index >= 15 is 0 Å². The van der Waals surface area contributed by atoms with Crippen molar-refractivity contribution in [1.82, 2.24) is 0 Å². The summed E-state index contributed by atoms with van der Waals surface area (Å²) in [6.45, 7) is 3.59. The van der Waals surface area contributed by atoms with Gasteiger partial charge in [0.25, 0.3) is 5.91 Å². The summed E-state index contributed by atoms with van der Waals surface area (Å²) in [6.07, 6.45) is -0.345. The van der Waals surface area contributed by atoms with Crippen LogP contribution in [0.15, 0.2) is 34.7 Å². The number of aryl methyl sites for hydroxylation is 2. The van der Waals surface area contributed by atoms with Gasteiger partial charge in [-0.1, -0.05) is 17.7 Å². The molecular formula is C16H15NO4. The number of ketones is 1. The fourth-order valence-electron chi connectivity index (χ4n) is 2.54. The molecule has 1 amide bonds. The van der Waals surface area contributed by atoms with Gasteiger partial charge >= 0.3 is 0 Å². The highest BCUT2D eigenvalue weighted by Gasteiger charge is 2.47. The first-order chi connectivity index (χ1) is 9.90. The van der Waals surface area contributed by atoms with E-state index in [-0.39, 0.29) is 12.2 Å². The first kappa shape index (κ1) is 13.6. The number of amides is 1. The Kier molecular flexibility index (Phi) is 2.95. The summed E-state index contributed by atoms with van der Waals surface area (Å²) in [5.41, 5.74) is 0.0321. The van der Waals surface area contributed by atoms with Crippen LogP contribution in [0, 0.1) is 13.8 Å². The largest absolute Gasteiger partial charge is 0.458 e. The van der Waals surface area contributed by atoms with Crippen molar-refractivity contribution in [2.75, 3.05) is 5.32 Å². The summed E-state index contributed by atoms with van der Waals surface area (Å²) in [5.74, 6) is -0.234. The number of furan rings is 1. The van der Waals surface area contributed by atoms with Crippen LogP contribution < -0.4 is 5.32 Å². The maximum Gasteiger partial charge on any atom is 0.261 e. The topological polar surface area (TPSA) is 79.5 Å². The fraction of sp³-hybridized carbons (Fsp3) is 0.250. The Labute approximate surface area is 121 Å². The molecule has 1 aromatic carbocycles. The van der Waals surface area contributed by atoms with Gasteiger partial charge in [0, 0.05) is 11.3 Å². The fourth-order valence-corrected chi connectivity index (χ4v) is 2.54. The number of benzene rings is 1. The third kappa shape index (κ3) is 2.15.